The van der Waals surface area contributed by atoms with E-state index in [0.717, 1.165) is 37.8 Å². The smallest absolute Gasteiger partial charge is 0.253 e. The molecule has 2 aromatic heterocycles. The number of ketones is 1. The van der Waals surface area contributed by atoms with Crippen molar-refractivity contribution < 1.29 is 14.4 Å². The molecule has 1 saturated heterocycles. The second kappa shape index (κ2) is 8.00. The quantitative estimate of drug-likeness (QED) is 0.622. The standard InChI is InChI=1S/C25H26N6O3/c32-21-7-6-19(17-4-1-2-5-18(17)21)24(34)31-13-16(11-25(14-31)8-3-9-25)27-23(33)15-10-20-22(26-12-15)29-30-28-20/h1-2,4-5,10,12,16,19H,3,6-9,11,13-14H2,(H,27,33)(H,26,28,29,30). The zero-order valence-electron chi connectivity index (χ0n) is 18.8. The molecule has 9 nitrogen and oxygen atoms in total. The zero-order chi connectivity index (χ0) is 23.3. The number of amides is 2. The molecule has 2 aliphatic carbocycles. The molecule has 2 N–H and O–H groups in total. The minimum Gasteiger partial charge on any atom is -0.347 e. The number of piperidine rings is 1. The van der Waals surface area contributed by atoms with Crippen molar-refractivity contribution in [3.8, 4) is 0 Å². The lowest BCUT2D eigenvalue weighted by molar-refractivity contribution is -0.139. The molecule has 6 rings (SSSR count). The average Bonchev–Trinajstić information content (AvgIpc) is 3.31. The predicted octanol–water partition coefficient (Wildman–Crippen LogP) is 2.61. The summed E-state index contributed by atoms with van der Waals surface area (Å²) in [6.07, 6.45) is 6.58. The fraction of sp³-hybridized carbons (Fsp3) is 0.440. The van der Waals surface area contributed by atoms with Gasteiger partial charge >= 0.3 is 0 Å². The van der Waals surface area contributed by atoms with Gasteiger partial charge in [-0.1, -0.05) is 30.7 Å². The molecule has 2 unspecified atom stereocenters. The Kier molecular flexibility index (Phi) is 4.93. The van der Waals surface area contributed by atoms with Gasteiger partial charge in [0.2, 0.25) is 11.6 Å². The molecule has 1 spiro atoms. The molecular formula is C25H26N6O3. The third kappa shape index (κ3) is 3.55. The Labute approximate surface area is 196 Å². The van der Waals surface area contributed by atoms with E-state index in [1.807, 2.05) is 29.2 Å². The molecule has 3 aromatic rings. The first-order chi connectivity index (χ1) is 16.5. The maximum atomic E-state index is 13.7. The van der Waals surface area contributed by atoms with Crippen LogP contribution in [0.3, 0.4) is 0 Å². The highest BCUT2D eigenvalue weighted by molar-refractivity contribution is 6.02. The highest BCUT2D eigenvalue weighted by Crippen LogP contribution is 2.48. The van der Waals surface area contributed by atoms with Crippen molar-refractivity contribution in [2.24, 2.45) is 5.41 Å². The van der Waals surface area contributed by atoms with Crippen molar-refractivity contribution in [1.82, 2.24) is 30.6 Å². The summed E-state index contributed by atoms with van der Waals surface area (Å²) in [6, 6.07) is 9.00. The van der Waals surface area contributed by atoms with Crippen LogP contribution in [0, 0.1) is 5.41 Å². The number of Topliss-reactive ketones (excluding diaryl/α,β-unsaturated/α-hetero) is 1. The topological polar surface area (TPSA) is 121 Å². The molecule has 2 fully saturated rings. The van der Waals surface area contributed by atoms with Crippen molar-refractivity contribution in [3.05, 3.63) is 53.2 Å². The Hall–Kier alpha value is -3.62. The van der Waals surface area contributed by atoms with E-state index in [0.29, 0.717) is 41.7 Å². The Morgan fingerprint density at radius 2 is 2.03 bits per heavy atom. The van der Waals surface area contributed by atoms with E-state index in [1.54, 1.807) is 6.07 Å². The molecule has 34 heavy (non-hydrogen) atoms. The molecule has 9 heteroatoms. The van der Waals surface area contributed by atoms with Crippen molar-refractivity contribution in [2.75, 3.05) is 13.1 Å². The number of H-pyrrole nitrogens is 1. The number of aromatic amines is 1. The third-order valence-corrected chi connectivity index (χ3v) is 7.74. The molecule has 0 bridgehead atoms. The summed E-state index contributed by atoms with van der Waals surface area (Å²) in [5.41, 5.74) is 2.99. The summed E-state index contributed by atoms with van der Waals surface area (Å²) in [7, 11) is 0. The fourth-order valence-corrected chi connectivity index (χ4v) is 5.92. The number of rotatable bonds is 3. The van der Waals surface area contributed by atoms with Crippen LogP contribution in [0.25, 0.3) is 11.2 Å². The number of hydrogen-bond acceptors (Lipinski definition) is 6. The SMILES string of the molecule is O=C(NC1CN(C(=O)C2CCC(=O)c3ccccc32)CC2(CCC2)C1)c1cnc2n[nH]nc2c1. The predicted molar refractivity (Wildman–Crippen MR) is 123 cm³/mol. The van der Waals surface area contributed by atoms with Crippen molar-refractivity contribution in [2.45, 2.75) is 50.5 Å². The summed E-state index contributed by atoms with van der Waals surface area (Å²) < 4.78 is 0. The van der Waals surface area contributed by atoms with E-state index in [4.69, 9.17) is 0 Å². The number of likely N-dealkylation sites (tertiary alicyclic amines) is 1. The van der Waals surface area contributed by atoms with E-state index in [9.17, 15) is 14.4 Å². The van der Waals surface area contributed by atoms with Crippen molar-refractivity contribution in [3.63, 3.8) is 0 Å². The molecule has 3 heterocycles. The number of nitrogens with zero attached hydrogens (tertiary/aromatic N) is 4. The largest absolute Gasteiger partial charge is 0.347 e. The molecule has 2 amide bonds. The van der Waals surface area contributed by atoms with Crippen LogP contribution >= 0.6 is 0 Å². The van der Waals surface area contributed by atoms with Crippen LogP contribution in [-0.2, 0) is 4.79 Å². The number of carbonyl (C=O) groups excluding carboxylic acids is 3. The lowest BCUT2D eigenvalue weighted by Gasteiger charge is -2.52. The minimum atomic E-state index is -0.306. The van der Waals surface area contributed by atoms with Gasteiger partial charge < -0.3 is 10.2 Å². The second-order valence-electron chi connectivity index (χ2n) is 9.94. The van der Waals surface area contributed by atoms with Crippen molar-refractivity contribution >= 4 is 28.8 Å². The highest BCUT2D eigenvalue weighted by Gasteiger charge is 2.47. The normalized spacial score (nSPS) is 23.4. The minimum absolute atomic E-state index is 0.0597. The van der Waals surface area contributed by atoms with Crippen LogP contribution in [0.1, 0.15) is 70.7 Å². The molecule has 1 saturated carbocycles. The first kappa shape index (κ1) is 20.9. The molecule has 3 aliphatic rings. The molecule has 2 atom stereocenters. The van der Waals surface area contributed by atoms with Gasteiger partial charge in [-0.05, 0) is 42.7 Å². The molecule has 174 valence electrons. The summed E-state index contributed by atoms with van der Waals surface area (Å²) in [5.74, 6) is -0.355. The first-order valence-electron chi connectivity index (χ1n) is 11.9. The Bertz CT molecular complexity index is 1300. The van der Waals surface area contributed by atoms with Gasteiger partial charge in [0.25, 0.3) is 5.91 Å². The summed E-state index contributed by atoms with van der Waals surface area (Å²) in [6.45, 7) is 1.19. The second-order valence-corrected chi connectivity index (χ2v) is 9.94. The van der Waals surface area contributed by atoms with Gasteiger partial charge in [0, 0.05) is 37.3 Å². The van der Waals surface area contributed by atoms with E-state index in [1.165, 1.54) is 6.20 Å². The van der Waals surface area contributed by atoms with E-state index in [2.05, 4.69) is 25.7 Å². The van der Waals surface area contributed by atoms with E-state index in [-0.39, 0.29) is 35.0 Å². The molecule has 0 radical (unpaired) electrons. The van der Waals surface area contributed by atoms with Gasteiger partial charge in [0.05, 0.1) is 11.5 Å². The van der Waals surface area contributed by atoms with E-state index >= 15 is 0 Å². The Morgan fingerprint density at radius 1 is 1.18 bits per heavy atom. The number of nitrogens with one attached hydrogen (secondary N) is 2. The van der Waals surface area contributed by atoms with Gasteiger partial charge in [-0.2, -0.15) is 10.3 Å². The number of fused-ring (bicyclic) bond motifs is 2. The number of hydrogen-bond donors (Lipinski definition) is 2. The number of pyridine rings is 1. The van der Waals surface area contributed by atoms with Gasteiger partial charge in [-0.15, -0.1) is 5.10 Å². The Balaban J connectivity index is 1.23. The molecular weight excluding hydrogens is 432 g/mol. The molecule has 1 aromatic carbocycles. The van der Waals surface area contributed by atoms with Gasteiger partial charge in [-0.25, -0.2) is 4.98 Å². The van der Waals surface area contributed by atoms with Crippen LogP contribution < -0.4 is 5.32 Å². The average molecular weight is 459 g/mol. The van der Waals surface area contributed by atoms with Crippen LogP contribution in [0.4, 0.5) is 0 Å². The maximum absolute atomic E-state index is 13.7. The van der Waals surface area contributed by atoms with Crippen molar-refractivity contribution in [1.29, 1.82) is 0 Å². The number of carbonyl (C=O) groups is 3. The van der Waals surface area contributed by atoms with Gasteiger partial charge in [0.1, 0.15) is 5.52 Å². The third-order valence-electron chi connectivity index (χ3n) is 7.74. The van der Waals surface area contributed by atoms with Crippen LogP contribution in [0.15, 0.2) is 36.5 Å². The first-order valence-corrected chi connectivity index (χ1v) is 11.9. The van der Waals surface area contributed by atoms with Crippen LogP contribution in [0.5, 0.6) is 0 Å². The van der Waals surface area contributed by atoms with E-state index < -0.39 is 0 Å². The highest BCUT2D eigenvalue weighted by atomic mass is 16.2. The lowest BCUT2D eigenvalue weighted by atomic mass is 9.63. The monoisotopic (exact) mass is 458 g/mol. The number of aromatic nitrogens is 4. The zero-order valence-corrected chi connectivity index (χ0v) is 18.8. The van der Waals surface area contributed by atoms with Crippen LogP contribution in [-0.4, -0.2) is 62.0 Å². The number of benzene rings is 1. The van der Waals surface area contributed by atoms with Gasteiger partial charge in [-0.3, -0.25) is 14.4 Å². The summed E-state index contributed by atoms with van der Waals surface area (Å²) in [5, 5.41) is 13.6. The molecule has 1 aliphatic heterocycles. The maximum Gasteiger partial charge on any atom is 0.253 e. The Morgan fingerprint density at radius 3 is 2.85 bits per heavy atom. The van der Waals surface area contributed by atoms with Gasteiger partial charge in [0.15, 0.2) is 5.78 Å². The summed E-state index contributed by atoms with van der Waals surface area (Å²) in [4.78, 5) is 45.3. The lowest BCUT2D eigenvalue weighted by Crippen LogP contribution is -2.59. The summed E-state index contributed by atoms with van der Waals surface area (Å²) >= 11 is 0. The fourth-order valence-electron chi connectivity index (χ4n) is 5.92. The van der Waals surface area contributed by atoms with Crippen LogP contribution in [0.2, 0.25) is 0 Å².